The molecule has 0 fully saturated rings. The van der Waals surface area contributed by atoms with Crippen molar-refractivity contribution in [2.75, 3.05) is 6.54 Å². The van der Waals surface area contributed by atoms with Crippen LogP contribution in [0.3, 0.4) is 0 Å². The maximum absolute atomic E-state index is 6.05. The number of nitrogens with zero attached hydrogens (tertiary/aromatic N) is 1. The summed E-state index contributed by atoms with van der Waals surface area (Å²) in [7, 11) is 0. The number of nitrogens with one attached hydrogen (secondary N) is 1. The van der Waals surface area contributed by atoms with Crippen molar-refractivity contribution in [3.63, 3.8) is 0 Å². The SMILES string of the molecule is CCC(CC)NCCn1ccc2ccc(Cl)cc21. The number of rotatable bonds is 6. The smallest absolute Gasteiger partial charge is 0.0495 e. The number of fused-ring (bicyclic) bond motifs is 1. The van der Waals surface area contributed by atoms with Crippen LogP contribution < -0.4 is 5.32 Å². The fraction of sp³-hybridized carbons (Fsp3) is 0.467. The highest BCUT2D eigenvalue weighted by atomic mass is 35.5. The molecule has 2 aromatic rings. The van der Waals surface area contributed by atoms with Crippen LogP contribution in [0.25, 0.3) is 10.9 Å². The molecule has 0 saturated carbocycles. The van der Waals surface area contributed by atoms with Crippen molar-refractivity contribution in [1.29, 1.82) is 0 Å². The lowest BCUT2D eigenvalue weighted by Gasteiger charge is -2.15. The second-order valence-electron chi connectivity index (χ2n) is 4.68. The second-order valence-corrected chi connectivity index (χ2v) is 5.12. The highest BCUT2D eigenvalue weighted by Crippen LogP contribution is 2.20. The lowest BCUT2D eigenvalue weighted by Crippen LogP contribution is -2.30. The maximum atomic E-state index is 6.05. The van der Waals surface area contributed by atoms with Gasteiger partial charge in [0.05, 0.1) is 0 Å². The average Bonchev–Trinajstić information content (AvgIpc) is 2.77. The third-order valence-corrected chi connectivity index (χ3v) is 3.74. The molecule has 18 heavy (non-hydrogen) atoms. The Bertz CT molecular complexity index is 500. The Morgan fingerprint density at radius 2 is 2.00 bits per heavy atom. The minimum atomic E-state index is 0.635. The third kappa shape index (κ3) is 3.06. The number of hydrogen-bond acceptors (Lipinski definition) is 1. The van der Waals surface area contributed by atoms with E-state index >= 15 is 0 Å². The van der Waals surface area contributed by atoms with E-state index in [9.17, 15) is 0 Å². The zero-order valence-electron chi connectivity index (χ0n) is 11.1. The largest absolute Gasteiger partial charge is 0.346 e. The lowest BCUT2D eigenvalue weighted by atomic mass is 10.2. The van der Waals surface area contributed by atoms with Gasteiger partial charge in [-0.1, -0.05) is 31.5 Å². The fourth-order valence-electron chi connectivity index (χ4n) is 2.32. The minimum absolute atomic E-state index is 0.635. The van der Waals surface area contributed by atoms with Gasteiger partial charge in [0.1, 0.15) is 0 Å². The summed E-state index contributed by atoms with van der Waals surface area (Å²) < 4.78 is 2.26. The van der Waals surface area contributed by atoms with E-state index < -0.39 is 0 Å². The molecule has 0 amide bonds. The van der Waals surface area contributed by atoms with E-state index in [1.54, 1.807) is 0 Å². The monoisotopic (exact) mass is 264 g/mol. The van der Waals surface area contributed by atoms with Crippen LogP contribution in [-0.2, 0) is 6.54 Å². The highest BCUT2D eigenvalue weighted by Gasteiger charge is 2.04. The fourth-order valence-corrected chi connectivity index (χ4v) is 2.48. The highest BCUT2D eigenvalue weighted by molar-refractivity contribution is 6.31. The molecule has 0 unspecified atom stereocenters. The molecule has 0 bridgehead atoms. The predicted octanol–water partition coefficient (Wildman–Crippen LogP) is 4.07. The number of aromatic nitrogens is 1. The Balaban J connectivity index is 2.01. The van der Waals surface area contributed by atoms with Gasteiger partial charge in [0.15, 0.2) is 0 Å². The van der Waals surface area contributed by atoms with E-state index in [0.29, 0.717) is 6.04 Å². The Hall–Kier alpha value is -0.990. The van der Waals surface area contributed by atoms with Gasteiger partial charge in [-0.2, -0.15) is 0 Å². The number of halogens is 1. The van der Waals surface area contributed by atoms with Crippen molar-refractivity contribution in [1.82, 2.24) is 9.88 Å². The van der Waals surface area contributed by atoms with Gasteiger partial charge in [-0.15, -0.1) is 0 Å². The van der Waals surface area contributed by atoms with Gasteiger partial charge in [0, 0.05) is 35.9 Å². The van der Waals surface area contributed by atoms with E-state index in [1.165, 1.54) is 23.7 Å². The lowest BCUT2D eigenvalue weighted by molar-refractivity contribution is 0.468. The van der Waals surface area contributed by atoms with Gasteiger partial charge in [-0.3, -0.25) is 0 Å². The molecule has 0 spiro atoms. The van der Waals surface area contributed by atoms with Crippen LogP contribution in [0, 0.1) is 0 Å². The molecule has 1 aromatic heterocycles. The van der Waals surface area contributed by atoms with Crippen molar-refractivity contribution >= 4 is 22.5 Å². The van der Waals surface area contributed by atoms with Crippen LogP contribution in [0.15, 0.2) is 30.5 Å². The molecule has 2 nitrogen and oxygen atoms in total. The molecule has 1 heterocycles. The van der Waals surface area contributed by atoms with Gasteiger partial charge in [-0.05, 0) is 36.4 Å². The van der Waals surface area contributed by atoms with Crippen LogP contribution in [0.4, 0.5) is 0 Å². The van der Waals surface area contributed by atoms with Crippen LogP contribution >= 0.6 is 11.6 Å². The first-order valence-electron chi connectivity index (χ1n) is 6.72. The first-order valence-corrected chi connectivity index (χ1v) is 7.10. The van der Waals surface area contributed by atoms with E-state index in [-0.39, 0.29) is 0 Å². The molecule has 3 heteroatoms. The van der Waals surface area contributed by atoms with Crippen LogP contribution in [0.5, 0.6) is 0 Å². The topological polar surface area (TPSA) is 17.0 Å². The van der Waals surface area contributed by atoms with Crippen molar-refractivity contribution in [2.45, 2.75) is 39.3 Å². The molecule has 1 aromatic carbocycles. The van der Waals surface area contributed by atoms with Crippen molar-refractivity contribution in [2.24, 2.45) is 0 Å². The van der Waals surface area contributed by atoms with Gasteiger partial charge in [-0.25, -0.2) is 0 Å². The molecule has 0 atom stereocenters. The first-order chi connectivity index (χ1) is 8.74. The Labute approximate surface area is 114 Å². The van der Waals surface area contributed by atoms with Crippen LogP contribution in [-0.4, -0.2) is 17.2 Å². The summed E-state index contributed by atoms with van der Waals surface area (Å²) in [5.41, 5.74) is 1.22. The molecule has 0 aliphatic carbocycles. The quantitative estimate of drug-likeness (QED) is 0.832. The third-order valence-electron chi connectivity index (χ3n) is 3.51. The van der Waals surface area contributed by atoms with Crippen molar-refractivity contribution < 1.29 is 0 Å². The van der Waals surface area contributed by atoms with E-state index in [4.69, 9.17) is 11.6 Å². The van der Waals surface area contributed by atoms with E-state index in [2.05, 4.69) is 42.1 Å². The normalized spacial score (nSPS) is 11.6. The summed E-state index contributed by atoms with van der Waals surface area (Å²) in [5, 5.41) is 5.64. The zero-order chi connectivity index (χ0) is 13.0. The molecule has 2 rings (SSSR count). The van der Waals surface area contributed by atoms with Gasteiger partial charge < -0.3 is 9.88 Å². The Kier molecular flexibility index (Phi) is 4.67. The standard InChI is InChI=1S/C15H21ClN2/c1-3-14(4-2)17-8-10-18-9-7-12-5-6-13(16)11-15(12)18/h5-7,9,11,14,17H,3-4,8,10H2,1-2H3. The van der Waals surface area contributed by atoms with E-state index in [0.717, 1.165) is 18.1 Å². The molecule has 98 valence electrons. The second kappa shape index (κ2) is 6.26. The zero-order valence-corrected chi connectivity index (χ0v) is 11.9. The predicted molar refractivity (Wildman–Crippen MR) is 79.3 cm³/mol. The summed E-state index contributed by atoms with van der Waals surface area (Å²) in [6.45, 7) is 6.45. The summed E-state index contributed by atoms with van der Waals surface area (Å²) in [6, 6.07) is 8.83. The van der Waals surface area contributed by atoms with Gasteiger partial charge >= 0.3 is 0 Å². The maximum Gasteiger partial charge on any atom is 0.0495 e. The number of benzene rings is 1. The van der Waals surface area contributed by atoms with E-state index in [1.807, 2.05) is 12.1 Å². The van der Waals surface area contributed by atoms with Gasteiger partial charge in [0.2, 0.25) is 0 Å². The summed E-state index contributed by atoms with van der Waals surface area (Å²) in [4.78, 5) is 0. The molecular weight excluding hydrogens is 244 g/mol. The molecule has 0 radical (unpaired) electrons. The van der Waals surface area contributed by atoms with Crippen molar-refractivity contribution in [3.8, 4) is 0 Å². The molecule has 0 aliphatic rings. The van der Waals surface area contributed by atoms with Crippen molar-refractivity contribution in [3.05, 3.63) is 35.5 Å². The first kappa shape index (κ1) is 13.4. The number of hydrogen-bond donors (Lipinski definition) is 1. The average molecular weight is 265 g/mol. The molecule has 0 saturated heterocycles. The van der Waals surface area contributed by atoms with Crippen LogP contribution in [0.1, 0.15) is 26.7 Å². The molecular formula is C15H21ClN2. The van der Waals surface area contributed by atoms with Crippen LogP contribution in [0.2, 0.25) is 5.02 Å². The van der Waals surface area contributed by atoms with Gasteiger partial charge in [0.25, 0.3) is 0 Å². The summed E-state index contributed by atoms with van der Waals surface area (Å²) in [6.07, 6.45) is 4.51. The summed E-state index contributed by atoms with van der Waals surface area (Å²) >= 11 is 6.05. The molecule has 1 N–H and O–H groups in total. The Morgan fingerprint density at radius 1 is 1.22 bits per heavy atom. The Morgan fingerprint density at radius 3 is 2.72 bits per heavy atom. The summed E-state index contributed by atoms with van der Waals surface area (Å²) in [5.74, 6) is 0. The minimum Gasteiger partial charge on any atom is -0.346 e. The molecule has 0 aliphatic heterocycles.